The lowest BCUT2D eigenvalue weighted by Crippen LogP contribution is -2.28. The third kappa shape index (κ3) is 2.15. The molecule has 0 amide bonds. The van der Waals surface area contributed by atoms with E-state index in [9.17, 15) is 0 Å². The highest BCUT2D eigenvalue weighted by atomic mass is 16.3. The van der Waals surface area contributed by atoms with Crippen LogP contribution in [-0.2, 0) is 0 Å². The molecule has 1 aromatic carbocycles. The normalized spacial score (nSPS) is 12.7. The van der Waals surface area contributed by atoms with Crippen LogP contribution < -0.4 is 11.3 Å². The molecule has 84 valence electrons. The summed E-state index contributed by atoms with van der Waals surface area (Å²) in [6.07, 6.45) is 1.74. The smallest absolute Gasteiger partial charge is 0.101 e. The van der Waals surface area contributed by atoms with Crippen LogP contribution in [0.5, 0.6) is 0 Å². The first-order valence-electron chi connectivity index (χ1n) is 5.28. The maximum absolute atomic E-state index is 5.60. The first-order valence-corrected chi connectivity index (χ1v) is 5.28. The summed E-state index contributed by atoms with van der Waals surface area (Å²) < 4.78 is 5.30. The summed E-state index contributed by atoms with van der Waals surface area (Å²) in [6.45, 7) is 3.99. The SMILES string of the molecule is Cc1cccc(C(NN)c2coc(C)c2)c1. The number of nitrogens with two attached hydrogens (primary N) is 1. The van der Waals surface area contributed by atoms with Gasteiger partial charge in [-0.05, 0) is 25.5 Å². The van der Waals surface area contributed by atoms with Gasteiger partial charge in [-0.25, -0.2) is 5.43 Å². The van der Waals surface area contributed by atoms with Gasteiger partial charge in [-0.1, -0.05) is 29.8 Å². The number of furan rings is 1. The predicted molar refractivity (Wildman–Crippen MR) is 63.8 cm³/mol. The molecule has 3 nitrogen and oxygen atoms in total. The van der Waals surface area contributed by atoms with Crippen LogP contribution in [0.1, 0.15) is 28.5 Å². The van der Waals surface area contributed by atoms with Crippen LogP contribution >= 0.6 is 0 Å². The maximum Gasteiger partial charge on any atom is 0.101 e. The minimum Gasteiger partial charge on any atom is -0.469 e. The average Bonchev–Trinajstić information content (AvgIpc) is 2.66. The zero-order valence-electron chi connectivity index (χ0n) is 9.53. The summed E-state index contributed by atoms with van der Waals surface area (Å²) in [5.41, 5.74) is 6.22. The summed E-state index contributed by atoms with van der Waals surface area (Å²) in [4.78, 5) is 0. The molecule has 16 heavy (non-hydrogen) atoms. The minimum atomic E-state index is -0.0163. The molecule has 0 saturated carbocycles. The van der Waals surface area contributed by atoms with Gasteiger partial charge in [-0.15, -0.1) is 0 Å². The van der Waals surface area contributed by atoms with E-state index in [2.05, 4.69) is 30.5 Å². The first kappa shape index (κ1) is 10.9. The van der Waals surface area contributed by atoms with Crippen LogP contribution in [0.3, 0.4) is 0 Å². The monoisotopic (exact) mass is 216 g/mol. The van der Waals surface area contributed by atoms with Crippen molar-refractivity contribution >= 4 is 0 Å². The fraction of sp³-hybridized carbons (Fsp3) is 0.231. The zero-order valence-corrected chi connectivity index (χ0v) is 9.53. The molecule has 3 N–H and O–H groups in total. The second kappa shape index (κ2) is 4.51. The summed E-state index contributed by atoms with van der Waals surface area (Å²) in [7, 11) is 0. The zero-order chi connectivity index (χ0) is 11.5. The van der Waals surface area contributed by atoms with E-state index in [0.29, 0.717) is 0 Å². The lowest BCUT2D eigenvalue weighted by Gasteiger charge is -2.14. The Morgan fingerprint density at radius 3 is 2.56 bits per heavy atom. The van der Waals surface area contributed by atoms with Crippen molar-refractivity contribution < 1.29 is 4.42 Å². The first-order chi connectivity index (χ1) is 7.70. The van der Waals surface area contributed by atoms with Gasteiger partial charge in [0.2, 0.25) is 0 Å². The van der Waals surface area contributed by atoms with Crippen LogP contribution in [0.25, 0.3) is 0 Å². The molecule has 2 rings (SSSR count). The number of hydrazine groups is 1. The second-order valence-electron chi connectivity index (χ2n) is 4.00. The van der Waals surface area contributed by atoms with Crippen molar-refractivity contribution in [2.45, 2.75) is 19.9 Å². The molecule has 0 aliphatic carbocycles. The Morgan fingerprint density at radius 2 is 2.00 bits per heavy atom. The standard InChI is InChI=1S/C13H16N2O/c1-9-4-3-5-11(6-9)13(15-14)12-7-10(2)16-8-12/h3-8,13,15H,14H2,1-2H3. The van der Waals surface area contributed by atoms with Crippen molar-refractivity contribution in [3.8, 4) is 0 Å². The van der Waals surface area contributed by atoms with Gasteiger partial charge >= 0.3 is 0 Å². The van der Waals surface area contributed by atoms with Gasteiger partial charge in [0.05, 0.1) is 12.3 Å². The minimum absolute atomic E-state index is 0.0163. The van der Waals surface area contributed by atoms with E-state index in [-0.39, 0.29) is 6.04 Å². The fourth-order valence-electron chi connectivity index (χ4n) is 1.85. The Balaban J connectivity index is 2.36. The van der Waals surface area contributed by atoms with E-state index in [1.165, 1.54) is 5.56 Å². The lowest BCUT2D eigenvalue weighted by atomic mass is 10.00. The molecular formula is C13H16N2O. The Labute approximate surface area is 95.2 Å². The predicted octanol–water partition coefficient (Wildman–Crippen LogP) is 2.45. The van der Waals surface area contributed by atoms with E-state index in [4.69, 9.17) is 10.3 Å². The highest BCUT2D eigenvalue weighted by Gasteiger charge is 2.14. The van der Waals surface area contributed by atoms with E-state index in [1.54, 1.807) is 6.26 Å². The topological polar surface area (TPSA) is 51.2 Å². The quantitative estimate of drug-likeness (QED) is 0.612. The van der Waals surface area contributed by atoms with Crippen LogP contribution in [0.15, 0.2) is 41.0 Å². The number of benzene rings is 1. The van der Waals surface area contributed by atoms with Gasteiger partial charge in [-0.3, -0.25) is 5.84 Å². The van der Waals surface area contributed by atoms with Crippen LogP contribution in [0.2, 0.25) is 0 Å². The molecule has 1 aromatic heterocycles. The van der Waals surface area contributed by atoms with Gasteiger partial charge < -0.3 is 4.42 Å². The third-order valence-electron chi connectivity index (χ3n) is 2.63. The molecule has 0 radical (unpaired) electrons. The van der Waals surface area contributed by atoms with Gasteiger partial charge in [-0.2, -0.15) is 0 Å². The van der Waals surface area contributed by atoms with E-state index in [0.717, 1.165) is 16.9 Å². The van der Waals surface area contributed by atoms with Crippen LogP contribution in [-0.4, -0.2) is 0 Å². The van der Waals surface area contributed by atoms with E-state index < -0.39 is 0 Å². The highest BCUT2D eigenvalue weighted by molar-refractivity contribution is 5.32. The Kier molecular flexibility index (Phi) is 3.08. The Bertz CT molecular complexity index is 476. The van der Waals surface area contributed by atoms with Crippen molar-refractivity contribution in [2.75, 3.05) is 0 Å². The summed E-state index contributed by atoms with van der Waals surface area (Å²) in [6, 6.07) is 10.2. The van der Waals surface area contributed by atoms with Crippen molar-refractivity contribution in [1.82, 2.24) is 5.43 Å². The largest absolute Gasteiger partial charge is 0.469 e. The summed E-state index contributed by atoms with van der Waals surface area (Å²) >= 11 is 0. The molecule has 0 saturated heterocycles. The van der Waals surface area contributed by atoms with Gasteiger partial charge in [0.15, 0.2) is 0 Å². The van der Waals surface area contributed by atoms with Crippen molar-refractivity contribution in [2.24, 2.45) is 5.84 Å². The van der Waals surface area contributed by atoms with E-state index in [1.807, 2.05) is 19.1 Å². The van der Waals surface area contributed by atoms with Gasteiger partial charge in [0, 0.05) is 5.56 Å². The molecule has 0 bridgehead atoms. The fourth-order valence-corrected chi connectivity index (χ4v) is 1.85. The van der Waals surface area contributed by atoms with Crippen molar-refractivity contribution in [3.63, 3.8) is 0 Å². The maximum atomic E-state index is 5.60. The van der Waals surface area contributed by atoms with Gasteiger partial charge in [0.1, 0.15) is 5.76 Å². The number of aryl methyl sites for hydroxylation is 2. The number of nitrogens with one attached hydrogen (secondary N) is 1. The Morgan fingerprint density at radius 1 is 1.19 bits per heavy atom. The second-order valence-corrected chi connectivity index (χ2v) is 4.00. The third-order valence-corrected chi connectivity index (χ3v) is 2.63. The molecule has 0 aliphatic rings. The molecule has 1 atom stereocenters. The number of hydrogen-bond acceptors (Lipinski definition) is 3. The molecule has 1 heterocycles. The van der Waals surface area contributed by atoms with Crippen molar-refractivity contribution in [1.29, 1.82) is 0 Å². The molecule has 0 spiro atoms. The molecule has 2 aromatic rings. The van der Waals surface area contributed by atoms with Gasteiger partial charge in [0.25, 0.3) is 0 Å². The molecule has 3 heteroatoms. The number of hydrogen-bond donors (Lipinski definition) is 2. The average molecular weight is 216 g/mol. The highest BCUT2D eigenvalue weighted by Crippen LogP contribution is 2.23. The molecule has 1 unspecified atom stereocenters. The summed E-state index contributed by atoms with van der Waals surface area (Å²) in [5.74, 6) is 6.50. The molecule has 0 fully saturated rings. The van der Waals surface area contributed by atoms with E-state index >= 15 is 0 Å². The summed E-state index contributed by atoms with van der Waals surface area (Å²) in [5, 5.41) is 0. The van der Waals surface area contributed by atoms with Crippen LogP contribution in [0.4, 0.5) is 0 Å². The number of rotatable bonds is 3. The lowest BCUT2D eigenvalue weighted by molar-refractivity contribution is 0.525. The molecule has 0 aliphatic heterocycles. The van der Waals surface area contributed by atoms with Crippen LogP contribution in [0, 0.1) is 13.8 Å². The molecular weight excluding hydrogens is 200 g/mol. The Hall–Kier alpha value is -1.58. The van der Waals surface area contributed by atoms with Crippen molar-refractivity contribution in [3.05, 3.63) is 59.0 Å².